The molecule has 1 aliphatic rings. The highest BCUT2D eigenvalue weighted by Gasteiger charge is 2.23. The van der Waals surface area contributed by atoms with Gasteiger partial charge in [0.15, 0.2) is 0 Å². The van der Waals surface area contributed by atoms with Crippen LogP contribution in [-0.4, -0.2) is 49.6 Å². The molecule has 4 nitrogen and oxygen atoms in total. The number of carbonyl (C=O) groups excluding carboxylic acids is 1. The molecule has 1 saturated heterocycles. The molecule has 1 aliphatic heterocycles. The Morgan fingerprint density at radius 3 is 2.55 bits per heavy atom. The second-order valence-corrected chi connectivity index (χ2v) is 5.67. The molecule has 0 unspecified atom stereocenters. The standard InChI is InChI=1S/C16H25N3O/c1-13(2)19(15-7-5-4-6-14(15)3)16(20)12-18-10-8-17-9-11-18/h4-7,13,17H,8-12H2,1-3H3. The zero-order valence-electron chi connectivity index (χ0n) is 12.7. The van der Waals surface area contributed by atoms with E-state index < -0.39 is 0 Å². The number of nitrogens with one attached hydrogen (secondary N) is 1. The third kappa shape index (κ3) is 3.58. The molecule has 0 saturated carbocycles. The maximum absolute atomic E-state index is 12.7. The predicted octanol–water partition coefficient (Wildman–Crippen LogP) is 1.64. The Kier molecular flexibility index (Phi) is 5.15. The van der Waals surface area contributed by atoms with Crippen molar-refractivity contribution < 1.29 is 4.79 Å². The van der Waals surface area contributed by atoms with Gasteiger partial charge in [0.05, 0.1) is 6.54 Å². The van der Waals surface area contributed by atoms with Crippen LogP contribution >= 0.6 is 0 Å². The molecule has 4 heteroatoms. The Labute approximate surface area is 121 Å². The molecule has 20 heavy (non-hydrogen) atoms. The molecule has 0 radical (unpaired) electrons. The lowest BCUT2D eigenvalue weighted by Crippen LogP contribution is -2.50. The summed E-state index contributed by atoms with van der Waals surface area (Å²) in [5.41, 5.74) is 2.18. The van der Waals surface area contributed by atoms with Crippen molar-refractivity contribution in [3.63, 3.8) is 0 Å². The molecule has 0 spiro atoms. The van der Waals surface area contributed by atoms with E-state index >= 15 is 0 Å². The fourth-order valence-electron chi connectivity index (χ4n) is 2.67. The number of amides is 1. The topological polar surface area (TPSA) is 35.6 Å². The maximum Gasteiger partial charge on any atom is 0.241 e. The van der Waals surface area contributed by atoms with Gasteiger partial charge < -0.3 is 10.2 Å². The third-order valence-electron chi connectivity index (χ3n) is 3.73. The Bertz CT molecular complexity index is 453. The number of hydrogen-bond acceptors (Lipinski definition) is 3. The van der Waals surface area contributed by atoms with Gasteiger partial charge in [0.1, 0.15) is 0 Å². The molecule has 0 aliphatic carbocycles. The van der Waals surface area contributed by atoms with Crippen LogP contribution in [0.15, 0.2) is 24.3 Å². The van der Waals surface area contributed by atoms with Crippen LogP contribution in [0.2, 0.25) is 0 Å². The summed E-state index contributed by atoms with van der Waals surface area (Å²) < 4.78 is 0. The van der Waals surface area contributed by atoms with Gasteiger partial charge in [-0.25, -0.2) is 0 Å². The van der Waals surface area contributed by atoms with Crippen molar-refractivity contribution in [3.8, 4) is 0 Å². The normalized spacial score (nSPS) is 16.4. The Balaban J connectivity index is 2.12. The van der Waals surface area contributed by atoms with Crippen molar-refractivity contribution in [3.05, 3.63) is 29.8 Å². The summed E-state index contributed by atoms with van der Waals surface area (Å²) in [6.45, 7) is 10.6. The molecule has 1 amide bonds. The van der Waals surface area contributed by atoms with Gasteiger partial charge in [0.25, 0.3) is 0 Å². The second kappa shape index (κ2) is 6.86. The molecular weight excluding hydrogens is 250 g/mol. The molecule has 110 valence electrons. The van der Waals surface area contributed by atoms with E-state index in [1.807, 2.05) is 23.1 Å². The Hall–Kier alpha value is -1.39. The fraction of sp³-hybridized carbons (Fsp3) is 0.562. The molecular formula is C16H25N3O. The van der Waals surface area contributed by atoms with Gasteiger partial charge in [0, 0.05) is 37.9 Å². The van der Waals surface area contributed by atoms with Crippen molar-refractivity contribution >= 4 is 11.6 Å². The number of benzene rings is 1. The highest BCUT2D eigenvalue weighted by molar-refractivity contribution is 5.96. The van der Waals surface area contributed by atoms with Gasteiger partial charge in [-0.3, -0.25) is 9.69 Å². The van der Waals surface area contributed by atoms with E-state index in [0.717, 1.165) is 37.4 Å². The molecule has 1 aromatic rings. The van der Waals surface area contributed by atoms with Crippen LogP contribution in [0.25, 0.3) is 0 Å². The van der Waals surface area contributed by atoms with Crippen molar-refractivity contribution in [1.82, 2.24) is 10.2 Å². The van der Waals surface area contributed by atoms with Crippen molar-refractivity contribution in [2.24, 2.45) is 0 Å². The molecule has 0 bridgehead atoms. The fourth-order valence-corrected chi connectivity index (χ4v) is 2.67. The lowest BCUT2D eigenvalue weighted by atomic mass is 10.1. The van der Waals surface area contributed by atoms with E-state index in [0.29, 0.717) is 6.54 Å². The first kappa shape index (κ1) is 15.0. The number of carbonyl (C=O) groups is 1. The number of piperazine rings is 1. The van der Waals surface area contributed by atoms with Gasteiger partial charge in [-0.05, 0) is 32.4 Å². The first-order chi connectivity index (χ1) is 9.59. The summed E-state index contributed by atoms with van der Waals surface area (Å²) in [5.74, 6) is 0.191. The quantitative estimate of drug-likeness (QED) is 0.907. The van der Waals surface area contributed by atoms with E-state index in [9.17, 15) is 4.79 Å². The van der Waals surface area contributed by atoms with E-state index in [4.69, 9.17) is 0 Å². The van der Waals surface area contributed by atoms with Gasteiger partial charge in [0.2, 0.25) is 5.91 Å². The summed E-state index contributed by atoms with van der Waals surface area (Å²) in [6, 6.07) is 8.27. The van der Waals surface area contributed by atoms with E-state index in [2.05, 4.69) is 37.1 Å². The molecule has 1 heterocycles. The van der Waals surface area contributed by atoms with Crippen LogP contribution in [0.1, 0.15) is 19.4 Å². The van der Waals surface area contributed by atoms with E-state index in [1.54, 1.807) is 0 Å². The molecule has 2 rings (SSSR count). The zero-order valence-corrected chi connectivity index (χ0v) is 12.7. The number of para-hydroxylation sites is 1. The predicted molar refractivity (Wildman–Crippen MR) is 83.1 cm³/mol. The van der Waals surface area contributed by atoms with Crippen molar-refractivity contribution in [1.29, 1.82) is 0 Å². The van der Waals surface area contributed by atoms with Crippen LogP contribution in [-0.2, 0) is 4.79 Å². The minimum atomic E-state index is 0.173. The van der Waals surface area contributed by atoms with E-state index in [1.165, 1.54) is 0 Å². The number of rotatable bonds is 4. The molecule has 1 aromatic carbocycles. The minimum absolute atomic E-state index is 0.173. The smallest absolute Gasteiger partial charge is 0.241 e. The highest BCUT2D eigenvalue weighted by atomic mass is 16.2. The summed E-state index contributed by atoms with van der Waals surface area (Å²) in [4.78, 5) is 16.8. The number of nitrogens with zero attached hydrogens (tertiary/aromatic N) is 2. The minimum Gasteiger partial charge on any atom is -0.314 e. The Morgan fingerprint density at radius 1 is 1.30 bits per heavy atom. The monoisotopic (exact) mass is 275 g/mol. The van der Waals surface area contributed by atoms with Gasteiger partial charge in [-0.15, -0.1) is 0 Å². The maximum atomic E-state index is 12.7. The van der Waals surface area contributed by atoms with Gasteiger partial charge in [-0.2, -0.15) is 0 Å². The summed E-state index contributed by atoms with van der Waals surface area (Å²) in [5, 5.41) is 3.31. The second-order valence-electron chi connectivity index (χ2n) is 5.67. The number of anilines is 1. The van der Waals surface area contributed by atoms with Crippen LogP contribution in [0.3, 0.4) is 0 Å². The largest absolute Gasteiger partial charge is 0.314 e. The van der Waals surface area contributed by atoms with Crippen LogP contribution < -0.4 is 10.2 Å². The number of hydrogen-bond donors (Lipinski definition) is 1. The molecule has 0 aromatic heterocycles. The average Bonchev–Trinajstić information content (AvgIpc) is 2.42. The third-order valence-corrected chi connectivity index (χ3v) is 3.73. The first-order valence-electron chi connectivity index (χ1n) is 7.40. The SMILES string of the molecule is Cc1ccccc1N(C(=O)CN1CCNCC1)C(C)C. The Morgan fingerprint density at radius 2 is 1.95 bits per heavy atom. The van der Waals surface area contributed by atoms with Gasteiger partial charge in [-0.1, -0.05) is 18.2 Å². The van der Waals surface area contributed by atoms with Crippen LogP contribution in [0, 0.1) is 6.92 Å². The van der Waals surface area contributed by atoms with Crippen LogP contribution in [0.5, 0.6) is 0 Å². The van der Waals surface area contributed by atoms with Crippen molar-refractivity contribution in [2.75, 3.05) is 37.6 Å². The van der Waals surface area contributed by atoms with Crippen molar-refractivity contribution in [2.45, 2.75) is 26.8 Å². The number of aryl methyl sites for hydroxylation is 1. The summed E-state index contributed by atoms with van der Waals surface area (Å²) in [6.07, 6.45) is 0. The van der Waals surface area contributed by atoms with Crippen LogP contribution in [0.4, 0.5) is 5.69 Å². The van der Waals surface area contributed by atoms with Gasteiger partial charge >= 0.3 is 0 Å². The lowest BCUT2D eigenvalue weighted by Gasteiger charge is -2.32. The average molecular weight is 275 g/mol. The zero-order chi connectivity index (χ0) is 14.5. The summed E-state index contributed by atoms with van der Waals surface area (Å²) in [7, 11) is 0. The lowest BCUT2D eigenvalue weighted by molar-refractivity contribution is -0.120. The molecule has 0 atom stereocenters. The molecule has 1 fully saturated rings. The highest BCUT2D eigenvalue weighted by Crippen LogP contribution is 2.22. The summed E-state index contributed by atoms with van der Waals surface area (Å²) >= 11 is 0. The van der Waals surface area contributed by atoms with E-state index in [-0.39, 0.29) is 11.9 Å². The molecule has 1 N–H and O–H groups in total. The first-order valence-corrected chi connectivity index (χ1v) is 7.40.